The summed E-state index contributed by atoms with van der Waals surface area (Å²) in [4.78, 5) is 11.8. The van der Waals surface area contributed by atoms with Gasteiger partial charge in [0.1, 0.15) is 11.8 Å². The molecule has 0 bridgehead atoms. The van der Waals surface area contributed by atoms with Crippen molar-refractivity contribution in [1.29, 1.82) is 0 Å². The quantitative estimate of drug-likeness (QED) is 0.818. The van der Waals surface area contributed by atoms with E-state index >= 15 is 0 Å². The molecule has 92 valence electrons. The topological polar surface area (TPSA) is 54.3 Å². The van der Waals surface area contributed by atoms with Gasteiger partial charge in [-0.25, -0.2) is 0 Å². The minimum Gasteiger partial charge on any atom is -0.463 e. The smallest absolute Gasteiger partial charge is 0.255 e. The number of furan rings is 1. The Morgan fingerprint density at radius 1 is 1.29 bits per heavy atom. The van der Waals surface area contributed by atoms with Gasteiger partial charge in [-0.1, -0.05) is 18.2 Å². The number of benzene rings is 1. The van der Waals surface area contributed by atoms with E-state index in [9.17, 15) is 4.79 Å². The summed E-state index contributed by atoms with van der Waals surface area (Å²) >= 11 is 0. The number of halogens is 1. The van der Waals surface area contributed by atoms with Crippen LogP contribution in [0.4, 0.5) is 0 Å². The Labute approximate surface area is 106 Å². The molecule has 0 aliphatic carbocycles. The van der Waals surface area contributed by atoms with Crippen LogP contribution in [0.1, 0.15) is 10.4 Å². The van der Waals surface area contributed by atoms with Gasteiger partial charge < -0.3 is 15.1 Å². The predicted octanol–water partition coefficient (Wildman–Crippen LogP) is 1.80. The monoisotopic (exact) mass is 254 g/mol. The average Bonchev–Trinajstić information content (AvgIpc) is 2.73. The zero-order valence-corrected chi connectivity index (χ0v) is 10.3. The lowest BCUT2D eigenvalue weighted by molar-refractivity contribution is 0.0955. The summed E-state index contributed by atoms with van der Waals surface area (Å²) in [5.41, 5.74) is 1.33. The van der Waals surface area contributed by atoms with E-state index in [1.807, 2.05) is 31.3 Å². The number of carbonyl (C=O) groups is 1. The van der Waals surface area contributed by atoms with Gasteiger partial charge in [0.05, 0.1) is 5.56 Å². The van der Waals surface area contributed by atoms with Gasteiger partial charge in [-0.3, -0.25) is 4.79 Å². The first-order valence-corrected chi connectivity index (χ1v) is 5.22. The molecule has 0 aliphatic heterocycles. The number of hydrogen-bond donors (Lipinski definition) is 2. The Kier molecular flexibility index (Phi) is 5.00. The van der Waals surface area contributed by atoms with Crippen LogP contribution in [0.2, 0.25) is 0 Å². The lowest BCUT2D eigenvalue weighted by Crippen LogP contribution is -2.30. The van der Waals surface area contributed by atoms with Gasteiger partial charge in [0.15, 0.2) is 0 Å². The molecule has 0 saturated carbocycles. The highest BCUT2D eigenvalue weighted by molar-refractivity contribution is 6.05. The van der Waals surface area contributed by atoms with Crippen LogP contribution >= 0.6 is 12.4 Å². The van der Waals surface area contributed by atoms with Crippen molar-refractivity contribution >= 4 is 29.3 Å². The molecule has 2 aromatic rings. The molecule has 0 unspecified atom stereocenters. The summed E-state index contributed by atoms with van der Waals surface area (Å²) < 4.78 is 5.30. The number of likely N-dealkylation sites (N-methyl/N-ethyl adjacent to an activating group) is 1. The molecule has 0 radical (unpaired) electrons. The number of hydrogen-bond acceptors (Lipinski definition) is 3. The molecular formula is C12H15ClN2O2. The fourth-order valence-corrected chi connectivity index (χ4v) is 1.55. The minimum absolute atomic E-state index is 0. The van der Waals surface area contributed by atoms with Crippen molar-refractivity contribution in [2.24, 2.45) is 0 Å². The zero-order valence-electron chi connectivity index (χ0n) is 9.53. The molecule has 1 amide bonds. The second kappa shape index (κ2) is 6.27. The molecule has 17 heavy (non-hydrogen) atoms. The molecular weight excluding hydrogens is 240 g/mol. The van der Waals surface area contributed by atoms with Gasteiger partial charge in [-0.2, -0.15) is 0 Å². The van der Waals surface area contributed by atoms with Crippen LogP contribution in [0, 0.1) is 0 Å². The number of nitrogens with one attached hydrogen (secondary N) is 2. The lowest BCUT2D eigenvalue weighted by atomic mass is 10.1. The third kappa shape index (κ3) is 2.99. The Morgan fingerprint density at radius 2 is 2.06 bits per heavy atom. The number of para-hydroxylation sites is 1. The summed E-state index contributed by atoms with van der Waals surface area (Å²) in [7, 11) is 1.85. The van der Waals surface area contributed by atoms with Crippen molar-refractivity contribution in [3.05, 3.63) is 36.1 Å². The first-order valence-electron chi connectivity index (χ1n) is 5.22. The van der Waals surface area contributed by atoms with Crippen molar-refractivity contribution < 1.29 is 9.21 Å². The maximum atomic E-state index is 11.8. The first-order chi connectivity index (χ1) is 7.83. The molecule has 1 aromatic heterocycles. The van der Waals surface area contributed by atoms with E-state index in [2.05, 4.69) is 10.6 Å². The maximum Gasteiger partial charge on any atom is 0.255 e. The van der Waals surface area contributed by atoms with E-state index in [0.29, 0.717) is 12.1 Å². The molecule has 2 rings (SSSR count). The van der Waals surface area contributed by atoms with E-state index < -0.39 is 0 Å². The lowest BCUT2D eigenvalue weighted by Gasteiger charge is -2.02. The fraction of sp³-hybridized carbons (Fsp3) is 0.250. The molecule has 0 fully saturated rings. The molecule has 0 spiro atoms. The van der Waals surface area contributed by atoms with Crippen molar-refractivity contribution in [3.63, 3.8) is 0 Å². The molecule has 1 aromatic carbocycles. The van der Waals surface area contributed by atoms with Gasteiger partial charge >= 0.3 is 0 Å². The van der Waals surface area contributed by atoms with Gasteiger partial charge in [-0.15, -0.1) is 12.4 Å². The Bertz CT molecular complexity index is 496. The third-order valence-electron chi connectivity index (χ3n) is 2.39. The molecule has 2 N–H and O–H groups in total. The molecule has 1 heterocycles. The van der Waals surface area contributed by atoms with Gasteiger partial charge in [0.25, 0.3) is 5.91 Å². The molecule has 0 saturated heterocycles. The number of rotatable bonds is 4. The number of carbonyl (C=O) groups excluding carboxylic acids is 1. The van der Waals surface area contributed by atoms with Crippen LogP contribution in [0.5, 0.6) is 0 Å². The van der Waals surface area contributed by atoms with Crippen LogP contribution in [-0.2, 0) is 0 Å². The average molecular weight is 255 g/mol. The summed E-state index contributed by atoms with van der Waals surface area (Å²) in [6.07, 6.45) is 1.50. The van der Waals surface area contributed by atoms with Crippen molar-refractivity contribution in [1.82, 2.24) is 10.6 Å². The number of fused-ring (bicyclic) bond motifs is 1. The van der Waals surface area contributed by atoms with E-state index in [4.69, 9.17) is 4.42 Å². The van der Waals surface area contributed by atoms with Crippen LogP contribution in [0.25, 0.3) is 11.0 Å². The SMILES string of the molecule is CNCCNC(=O)c1coc2ccccc12.Cl. The van der Waals surface area contributed by atoms with E-state index in [0.717, 1.165) is 17.5 Å². The van der Waals surface area contributed by atoms with Gasteiger partial charge in [0, 0.05) is 18.5 Å². The van der Waals surface area contributed by atoms with Crippen LogP contribution in [-0.4, -0.2) is 26.0 Å². The Hall–Kier alpha value is -1.52. The van der Waals surface area contributed by atoms with E-state index in [-0.39, 0.29) is 18.3 Å². The zero-order chi connectivity index (χ0) is 11.4. The summed E-state index contributed by atoms with van der Waals surface area (Å²) in [5.74, 6) is -0.0970. The normalized spacial score (nSPS) is 9.94. The first kappa shape index (κ1) is 13.5. The highest BCUT2D eigenvalue weighted by Crippen LogP contribution is 2.20. The standard InChI is InChI=1S/C12H14N2O2.ClH/c1-13-6-7-14-12(15)10-8-16-11-5-3-2-4-9(10)11;/h2-5,8,13H,6-7H2,1H3,(H,14,15);1H. The molecule has 4 nitrogen and oxygen atoms in total. The summed E-state index contributed by atoms with van der Waals surface area (Å²) in [6, 6.07) is 7.50. The fourth-order valence-electron chi connectivity index (χ4n) is 1.55. The molecule has 0 aliphatic rings. The van der Waals surface area contributed by atoms with Crippen molar-refractivity contribution in [2.75, 3.05) is 20.1 Å². The van der Waals surface area contributed by atoms with Gasteiger partial charge in [0.2, 0.25) is 0 Å². The summed E-state index contributed by atoms with van der Waals surface area (Å²) in [6.45, 7) is 1.36. The van der Waals surface area contributed by atoms with Crippen molar-refractivity contribution in [2.45, 2.75) is 0 Å². The Morgan fingerprint density at radius 3 is 2.82 bits per heavy atom. The van der Waals surface area contributed by atoms with E-state index in [1.165, 1.54) is 6.26 Å². The van der Waals surface area contributed by atoms with Crippen LogP contribution < -0.4 is 10.6 Å². The van der Waals surface area contributed by atoms with Crippen LogP contribution in [0.3, 0.4) is 0 Å². The molecule has 0 atom stereocenters. The highest BCUT2D eigenvalue weighted by Gasteiger charge is 2.12. The second-order valence-electron chi connectivity index (χ2n) is 3.50. The van der Waals surface area contributed by atoms with Crippen molar-refractivity contribution in [3.8, 4) is 0 Å². The Balaban J connectivity index is 0.00000144. The third-order valence-corrected chi connectivity index (χ3v) is 2.39. The predicted molar refractivity (Wildman–Crippen MR) is 69.7 cm³/mol. The number of amides is 1. The van der Waals surface area contributed by atoms with Gasteiger partial charge in [-0.05, 0) is 13.1 Å². The van der Waals surface area contributed by atoms with E-state index in [1.54, 1.807) is 0 Å². The summed E-state index contributed by atoms with van der Waals surface area (Å²) in [5, 5.41) is 6.64. The highest BCUT2D eigenvalue weighted by atomic mass is 35.5. The molecule has 5 heteroatoms. The second-order valence-corrected chi connectivity index (χ2v) is 3.50. The minimum atomic E-state index is -0.0970. The largest absolute Gasteiger partial charge is 0.463 e. The van der Waals surface area contributed by atoms with Crippen LogP contribution in [0.15, 0.2) is 34.9 Å². The maximum absolute atomic E-state index is 11.8.